The molecule has 178 valence electrons. The highest BCUT2D eigenvalue weighted by Gasteiger charge is 2.44. The lowest BCUT2D eigenvalue weighted by Gasteiger charge is -2.37. The van der Waals surface area contributed by atoms with Gasteiger partial charge in [-0.15, -0.1) is 0 Å². The number of hydrogen-bond donors (Lipinski definition) is 1. The Bertz CT molecular complexity index is 1330. The van der Waals surface area contributed by atoms with E-state index >= 15 is 0 Å². The first-order valence-electron chi connectivity index (χ1n) is 10.5. The van der Waals surface area contributed by atoms with Crippen LogP contribution < -0.4 is 5.32 Å². The molecule has 1 aliphatic rings. The maximum Gasteiger partial charge on any atom is 0.266 e. The van der Waals surface area contributed by atoms with E-state index < -0.39 is 42.4 Å². The highest BCUT2D eigenvalue weighted by atomic mass is 35.5. The third kappa shape index (κ3) is 5.78. The van der Waals surface area contributed by atoms with Crippen LogP contribution in [-0.4, -0.2) is 40.7 Å². The van der Waals surface area contributed by atoms with Gasteiger partial charge in [0.25, 0.3) is 11.8 Å². The van der Waals surface area contributed by atoms with Crippen LogP contribution in [0.15, 0.2) is 60.9 Å². The number of nitriles is 1. The summed E-state index contributed by atoms with van der Waals surface area (Å²) in [4.78, 5) is 30.7. The van der Waals surface area contributed by atoms with E-state index in [9.17, 15) is 22.8 Å². The molecule has 0 spiro atoms. The highest BCUT2D eigenvalue weighted by Crippen LogP contribution is 2.33. The first-order chi connectivity index (χ1) is 16.6. The summed E-state index contributed by atoms with van der Waals surface area (Å²) >= 11 is 5.94. The third-order valence-corrected chi connectivity index (χ3v) is 5.74. The molecule has 10 heteroatoms. The van der Waals surface area contributed by atoms with Crippen LogP contribution in [0.3, 0.4) is 0 Å². The Morgan fingerprint density at radius 3 is 2.57 bits per heavy atom. The Kier molecular flexibility index (Phi) is 6.76. The molecule has 1 atom stereocenters. The van der Waals surface area contributed by atoms with Gasteiger partial charge < -0.3 is 10.2 Å². The predicted octanol–water partition coefficient (Wildman–Crippen LogP) is 5.15. The number of nitrogens with zero attached hydrogens (tertiary/aromatic N) is 3. The minimum atomic E-state index is -3.33. The van der Waals surface area contributed by atoms with Gasteiger partial charge in [0, 0.05) is 41.6 Å². The Labute approximate surface area is 204 Å². The lowest BCUT2D eigenvalue weighted by molar-refractivity contribution is -0.130. The van der Waals surface area contributed by atoms with Gasteiger partial charge in [0.1, 0.15) is 5.82 Å². The molecular weight excluding hydrogens is 481 g/mol. The minimum Gasteiger partial charge on any atom is -0.332 e. The number of amides is 2. The fourth-order valence-corrected chi connectivity index (χ4v) is 4.24. The van der Waals surface area contributed by atoms with Crippen molar-refractivity contribution in [2.75, 3.05) is 18.4 Å². The standard InChI is InChI=1S/C25H18ClF3N4O2/c26-20-5-15(12-30)6-22(10-20)32-23(34)19-11-25(28,29)14-33(13-19)24(35)18-7-17(8-21(27)9-18)16-1-3-31-4-2-16/h1-10,19H,11,13-14H2,(H,32,34). The number of hydrogen-bond acceptors (Lipinski definition) is 4. The van der Waals surface area contributed by atoms with E-state index in [0.717, 1.165) is 11.0 Å². The zero-order valence-electron chi connectivity index (χ0n) is 18.1. The number of rotatable bonds is 4. The number of anilines is 1. The van der Waals surface area contributed by atoms with Crippen LogP contribution in [0.4, 0.5) is 18.9 Å². The maximum atomic E-state index is 14.6. The summed E-state index contributed by atoms with van der Waals surface area (Å²) in [5, 5.41) is 11.7. The molecule has 1 saturated heterocycles. The molecule has 6 nitrogen and oxygen atoms in total. The van der Waals surface area contributed by atoms with E-state index in [0.29, 0.717) is 11.1 Å². The summed E-state index contributed by atoms with van der Waals surface area (Å²) in [6.45, 7) is -1.18. The van der Waals surface area contributed by atoms with Crippen LogP contribution in [0.5, 0.6) is 0 Å². The first-order valence-corrected chi connectivity index (χ1v) is 10.9. The fraction of sp³-hybridized carbons (Fsp3) is 0.200. The molecular formula is C25H18ClF3N4O2. The van der Waals surface area contributed by atoms with Crippen LogP contribution in [0.25, 0.3) is 11.1 Å². The average Bonchev–Trinajstić information content (AvgIpc) is 2.82. The number of piperidine rings is 1. The lowest BCUT2D eigenvalue weighted by Crippen LogP contribution is -2.52. The number of halogens is 4. The van der Waals surface area contributed by atoms with Crippen molar-refractivity contribution in [1.82, 2.24) is 9.88 Å². The van der Waals surface area contributed by atoms with E-state index in [1.807, 2.05) is 6.07 Å². The summed E-state index contributed by atoms with van der Waals surface area (Å²) < 4.78 is 43.4. The SMILES string of the molecule is N#Cc1cc(Cl)cc(NC(=O)C2CN(C(=O)c3cc(F)cc(-c4ccncc4)c3)CC(F)(F)C2)c1. The molecule has 0 aliphatic carbocycles. The summed E-state index contributed by atoms with van der Waals surface area (Å²) in [6.07, 6.45) is 2.25. The summed E-state index contributed by atoms with van der Waals surface area (Å²) in [6, 6.07) is 12.9. The van der Waals surface area contributed by atoms with Crippen LogP contribution >= 0.6 is 11.6 Å². The van der Waals surface area contributed by atoms with Crippen LogP contribution in [0.1, 0.15) is 22.3 Å². The van der Waals surface area contributed by atoms with Crippen LogP contribution in [0, 0.1) is 23.1 Å². The fourth-order valence-electron chi connectivity index (χ4n) is 4.01. The Morgan fingerprint density at radius 1 is 1.11 bits per heavy atom. The number of likely N-dealkylation sites (tertiary alicyclic amines) is 1. The van der Waals surface area contributed by atoms with E-state index in [1.54, 1.807) is 12.1 Å². The molecule has 3 aromatic rings. The van der Waals surface area contributed by atoms with Crippen molar-refractivity contribution in [3.05, 3.63) is 82.9 Å². The molecule has 2 heterocycles. The molecule has 1 unspecified atom stereocenters. The molecule has 1 aliphatic heterocycles. The molecule has 4 rings (SSSR count). The van der Waals surface area contributed by atoms with Gasteiger partial charge in [0.05, 0.1) is 24.1 Å². The highest BCUT2D eigenvalue weighted by molar-refractivity contribution is 6.31. The van der Waals surface area contributed by atoms with Crippen molar-refractivity contribution >= 4 is 29.1 Å². The molecule has 0 bridgehead atoms. The second-order valence-electron chi connectivity index (χ2n) is 8.24. The number of carbonyl (C=O) groups is 2. The molecule has 0 saturated carbocycles. The predicted molar refractivity (Wildman–Crippen MR) is 123 cm³/mol. The number of pyridine rings is 1. The monoisotopic (exact) mass is 498 g/mol. The van der Waals surface area contributed by atoms with E-state index in [2.05, 4.69) is 10.3 Å². The van der Waals surface area contributed by atoms with Crippen LogP contribution in [0.2, 0.25) is 5.02 Å². The normalized spacial score (nSPS) is 16.9. The topological polar surface area (TPSA) is 86.1 Å². The number of benzene rings is 2. The summed E-state index contributed by atoms with van der Waals surface area (Å²) in [5.41, 5.74) is 1.26. The zero-order chi connectivity index (χ0) is 25.2. The maximum absolute atomic E-state index is 14.6. The van der Waals surface area contributed by atoms with Crippen molar-refractivity contribution in [3.63, 3.8) is 0 Å². The first kappa shape index (κ1) is 24.2. The van der Waals surface area contributed by atoms with Crippen molar-refractivity contribution < 1.29 is 22.8 Å². The minimum absolute atomic E-state index is 0.109. The van der Waals surface area contributed by atoms with E-state index in [1.165, 1.54) is 42.7 Å². The van der Waals surface area contributed by atoms with Crippen molar-refractivity contribution in [2.45, 2.75) is 12.3 Å². The third-order valence-electron chi connectivity index (χ3n) is 5.52. The van der Waals surface area contributed by atoms with Gasteiger partial charge in [-0.2, -0.15) is 5.26 Å². The van der Waals surface area contributed by atoms with Gasteiger partial charge in [-0.25, -0.2) is 13.2 Å². The largest absolute Gasteiger partial charge is 0.332 e. The summed E-state index contributed by atoms with van der Waals surface area (Å²) in [5.74, 6) is -6.82. The smallest absolute Gasteiger partial charge is 0.266 e. The molecule has 1 aromatic heterocycles. The molecule has 1 fully saturated rings. The average molecular weight is 499 g/mol. The van der Waals surface area contributed by atoms with E-state index in [4.69, 9.17) is 16.9 Å². The second kappa shape index (κ2) is 9.76. The van der Waals surface area contributed by atoms with Gasteiger partial charge in [-0.1, -0.05) is 11.6 Å². The quantitative estimate of drug-likeness (QED) is 0.539. The Hall–Kier alpha value is -3.90. The Morgan fingerprint density at radius 2 is 1.86 bits per heavy atom. The molecule has 1 N–H and O–H groups in total. The van der Waals surface area contributed by atoms with Crippen LogP contribution in [-0.2, 0) is 4.79 Å². The van der Waals surface area contributed by atoms with Gasteiger partial charge in [-0.3, -0.25) is 14.6 Å². The molecule has 2 aromatic carbocycles. The van der Waals surface area contributed by atoms with Crippen molar-refractivity contribution in [3.8, 4) is 17.2 Å². The van der Waals surface area contributed by atoms with Crippen molar-refractivity contribution in [1.29, 1.82) is 5.26 Å². The number of nitrogens with one attached hydrogen (secondary N) is 1. The second-order valence-corrected chi connectivity index (χ2v) is 8.67. The summed E-state index contributed by atoms with van der Waals surface area (Å²) in [7, 11) is 0. The van der Waals surface area contributed by atoms with E-state index in [-0.39, 0.29) is 28.4 Å². The lowest BCUT2D eigenvalue weighted by atomic mass is 9.93. The number of alkyl halides is 2. The van der Waals surface area contributed by atoms with Gasteiger partial charge >= 0.3 is 0 Å². The van der Waals surface area contributed by atoms with Gasteiger partial charge in [0.2, 0.25) is 5.91 Å². The number of carbonyl (C=O) groups excluding carboxylic acids is 2. The number of aromatic nitrogens is 1. The Balaban J connectivity index is 1.56. The molecule has 35 heavy (non-hydrogen) atoms. The van der Waals surface area contributed by atoms with Gasteiger partial charge in [0.15, 0.2) is 0 Å². The molecule has 2 amide bonds. The van der Waals surface area contributed by atoms with Crippen molar-refractivity contribution in [2.24, 2.45) is 5.92 Å². The van der Waals surface area contributed by atoms with Gasteiger partial charge in [-0.05, 0) is 59.7 Å². The molecule has 0 radical (unpaired) electrons. The zero-order valence-corrected chi connectivity index (χ0v) is 18.9.